The van der Waals surface area contributed by atoms with E-state index in [1.807, 2.05) is 6.07 Å². The van der Waals surface area contributed by atoms with Gasteiger partial charge < -0.3 is 9.84 Å². The summed E-state index contributed by atoms with van der Waals surface area (Å²) < 4.78 is 4.59. The number of carboxylic acid groups (broad SMARTS) is 1. The molecule has 0 saturated carbocycles. The molecule has 3 amide bonds. The van der Waals surface area contributed by atoms with Gasteiger partial charge in [-0.1, -0.05) is 18.2 Å². The predicted molar refractivity (Wildman–Crippen MR) is 71.5 cm³/mol. The van der Waals surface area contributed by atoms with Crippen LogP contribution in [0.2, 0.25) is 0 Å². The molecule has 20 heavy (non-hydrogen) atoms. The Morgan fingerprint density at radius 3 is 2.40 bits per heavy atom. The van der Waals surface area contributed by atoms with E-state index in [0.29, 0.717) is 12.2 Å². The second kappa shape index (κ2) is 7.90. The standard InChI is InChI=1S/C13H16N2O5/c1-2-15(10-6-4-3-5-7-10)13(19)14-11(16)8-20-9-12(17)18/h3-7H,2,8-9H2,1H3,(H,17,18)(H,14,16,19). The SMILES string of the molecule is CCN(C(=O)NC(=O)COCC(=O)O)c1ccccc1. The van der Waals surface area contributed by atoms with Gasteiger partial charge in [-0.15, -0.1) is 0 Å². The summed E-state index contributed by atoms with van der Waals surface area (Å²) in [5.74, 6) is -1.87. The number of hydrogen-bond acceptors (Lipinski definition) is 4. The van der Waals surface area contributed by atoms with Gasteiger partial charge in [0.15, 0.2) is 0 Å². The lowest BCUT2D eigenvalue weighted by Crippen LogP contribution is -2.44. The topological polar surface area (TPSA) is 95.9 Å². The minimum absolute atomic E-state index is 0.388. The zero-order chi connectivity index (χ0) is 15.0. The van der Waals surface area contributed by atoms with Crippen LogP contribution in [0.3, 0.4) is 0 Å². The van der Waals surface area contributed by atoms with Gasteiger partial charge >= 0.3 is 12.0 Å². The first-order valence-corrected chi connectivity index (χ1v) is 6.00. The molecule has 0 aliphatic carbocycles. The fraction of sp³-hybridized carbons (Fsp3) is 0.308. The third-order valence-corrected chi connectivity index (χ3v) is 2.33. The third-order valence-electron chi connectivity index (χ3n) is 2.33. The van der Waals surface area contributed by atoms with Gasteiger partial charge in [-0.25, -0.2) is 9.59 Å². The summed E-state index contributed by atoms with van der Waals surface area (Å²) >= 11 is 0. The maximum atomic E-state index is 11.9. The van der Waals surface area contributed by atoms with Gasteiger partial charge in [0.25, 0.3) is 5.91 Å². The number of carboxylic acids is 1. The molecular weight excluding hydrogens is 264 g/mol. The van der Waals surface area contributed by atoms with Crippen molar-refractivity contribution < 1.29 is 24.2 Å². The summed E-state index contributed by atoms with van der Waals surface area (Å²) in [7, 11) is 0. The van der Waals surface area contributed by atoms with E-state index in [2.05, 4.69) is 10.1 Å². The quantitative estimate of drug-likeness (QED) is 0.805. The van der Waals surface area contributed by atoms with Gasteiger partial charge in [-0.2, -0.15) is 0 Å². The zero-order valence-electron chi connectivity index (χ0n) is 11.0. The summed E-state index contributed by atoms with van der Waals surface area (Å²) in [6, 6.07) is 8.29. The van der Waals surface area contributed by atoms with Crippen LogP contribution in [0.1, 0.15) is 6.92 Å². The first-order valence-electron chi connectivity index (χ1n) is 6.00. The Balaban J connectivity index is 2.51. The van der Waals surface area contributed by atoms with Crippen LogP contribution in [0.5, 0.6) is 0 Å². The third kappa shape index (κ3) is 5.07. The largest absolute Gasteiger partial charge is 0.480 e. The summed E-state index contributed by atoms with van der Waals surface area (Å²) in [6.45, 7) is 1.10. The zero-order valence-corrected chi connectivity index (χ0v) is 11.0. The molecule has 0 aliphatic heterocycles. The molecule has 0 aromatic heterocycles. The molecule has 0 heterocycles. The Morgan fingerprint density at radius 1 is 1.20 bits per heavy atom. The van der Waals surface area contributed by atoms with Crippen LogP contribution in [0, 0.1) is 0 Å². The number of imide groups is 1. The molecule has 0 bridgehead atoms. The van der Waals surface area contributed by atoms with E-state index in [1.165, 1.54) is 4.90 Å². The number of amides is 3. The van der Waals surface area contributed by atoms with Gasteiger partial charge in [0.1, 0.15) is 13.2 Å². The Kier molecular flexibility index (Phi) is 6.18. The number of carbonyl (C=O) groups excluding carboxylic acids is 2. The number of carbonyl (C=O) groups is 3. The molecule has 1 aromatic rings. The van der Waals surface area contributed by atoms with Crippen molar-refractivity contribution in [2.75, 3.05) is 24.7 Å². The van der Waals surface area contributed by atoms with Gasteiger partial charge in [0, 0.05) is 12.2 Å². The highest BCUT2D eigenvalue weighted by Crippen LogP contribution is 2.12. The average molecular weight is 280 g/mol. The average Bonchev–Trinajstić information content (AvgIpc) is 2.40. The molecule has 0 aliphatic rings. The highest BCUT2D eigenvalue weighted by atomic mass is 16.5. The highest BCUT2D eigenvalue weighted by molar-refractivity contribution is 6.02. The molecule has 2 N–H and O–H groups in total. The molecule has 0 atom stereocenters. The molecule has 0 spiro atoms. The number of nitrogens with zero attached hydrogens (tertiary/aromatic N) is 1. The second-order valence-corrected chi connectivity index (χ2v) is 3.82. The van der Waals surface area contributed by atoms with Crippen LogP contribution in [-0.4, -0.2) is 42.8 Å². The summed E-state index contributed by atoms with van der Waals surface area (Å²) in [5.41, 5.74) is 0.659. The molecule has 0 unspecified atom stereocenters. The van der Waals surface area contributed by atoms with Crippen LogP contribution in [0.15, 0.2) is 30.3 Å². The van der Waals surface area contributed by atoms with Gasteiger partial charge in [0.2, 0.25) is 0 Å². The molecule has 0 radical (unpaired) electrons. The number of ether oxygens (including phenoxy) is 1. The van der Waals surface area contributed by atoms with E-state index >= 15 is 0 Å². The van der Waals surface area contributed by atoms with E-state index in [0.717, 1.165) is 0 Å². The number of hydrogen-bond donors (Lipinski definition) is 2. The van der Waals surface area contributed by atoms with Crippen LogP contribution in [-0.2, 0) is 14.3 Å². The van der Waals surface area contributed by atoms with E-state index in [1.54, 1.807) is 31.2 Å². The maximum Gasteiger partial charge on any atom is 0.329 e. The van der Waals surface area contributed by atoms with Gasteiger partial charge in [-0.3, -0.25) is 15.0 Å². The van der Waals surface area contributed by atoms with Crippen LogP contribution in [0.4, 0.5) is 10.5 Å². The molecule has 0 fully saturated rings. The smallest absolute Gasteiger partial charge is 0.329 e. The molecular formula is C13H16N2O5. The van der Waals surface area contributed by atoms with E-state index in [9.17, 15) is 14.4 Å². The predicted octanol–water partition coefficient (Wildman–Crippen LogP) is 0.850. The van der Waals surface area contributed by atoms with Crippen molar-refractivity contribution in [3.05, 3.63) is 30.3 Å². The van der Waals surface area contributed by atoms with Crippen LogP contribution in [0.25, 0.3) is 0 Å². The van der Waals surface area contributed by atoms with Crippen molar-refractivity contribution in [1.29, 1.82) is 0 Å². The van der Waals surface area contributed by atoms with Crippen molar-refractivity contribution in [3.63, 3.8) is 0 Å². The lowest BCUT2D eigenvalue weighted by Gasteiger charge is -2.20. The fourth-order valence-electron chi connectivity index (χ4n) is 1.51. The highest BCUT2D eigenvalue weighted by Gasteiger charge is 2.16. The number of benzene rings is 1. The van der Waals surface area contributed by atoms with Gasteiger partial charge in [0.05, 0.1) is 0 Å². The summed E-state index contributed by atoms with van der Waals surface area (Å²) in [4.78, 5) is 34.9. The summed E-state index contributed by atoms with van der Waals surface area (Å²) in [6.07, 6.45) is 0. The monoisotopic (exact) mass is 280 g/mol. The molecule has 1 aromatic carbocycles. The summed E-state index contributed by atoms with van der Waals surface area (Å²) in [5, 5.41) is 10.5. The lowest BCUT2D eigenvalue weighted by molar-refractivity contribution is -0.143. The number of anilines is 1. The van der Waals surface area contributed by atoms with Crippen LogP contribution >= 0.6 is 0 Å². The van der Waals surface area contributed by atoms with E-state index in [-0.39, 0.29) is 0 Å². The Bertz CT molecular complexity index is 475. The van der Waals surface area contributed by atoms with Crippen molar-refractivity contribution in [2.45, 2.75) is 6.92 Å². The number of para-hydroxylation sites is 1. The second-order valence-electron chi connectivity index (χ2n) is 3.82. The van der Waals surface area contributed by atoms with Crippen molar-refractivity contribution >= 4 is 23.6 Å². The number of urea groups is 1. The fourth-order valence-corrected chi connectivity index (χ4v) is 1.51. The Morgan fingerprint density at radius 2 is 1.85 bits per heavy atom. The minimum Gasteiger partial charge on any atom is -0.480 e. The number of nitrogens with one attached hydrogen (secondary N) is 1. The van der Waals surface area contributed by atoms with Crippen LogP contribution < -0.4 is 10.2 Å². The van der Waals surface area contributed by atoms with Crippen molar-refractivity contribution in [3.8, 4) is 0 Å². The van der Waals surface area contributed by atoms with E-state index in [4.69, 9.17) is 5.11 Å². The first-order chi connectivity index (χ1) is 9.54. The van der Waals surface area contributed by atoms with Crippen molar-refractivity contribution in [2.24, 2.45) is 0 Å². The number of aliphatic carboxylic acids is 1. The maximum absolute atomic E-state index is 11.9. The lowest BCUT2D eigenvalue weighted by atomic mass is 10.3. The molecule has 0 saturated heterocycles. The molecule has 7 heteroatoms. The van der Waals surface area contributed by atoms with Gasteiger partial charge in [-0.05, 0) is 19.1 Å². The van der Waals surface area contributed by atoms with E-state index < -0.39 is 31.1 Å². The molecule has 108 valence electrons. The van der Waals surface area contributed by atoms with Crippen molar-refractivity contribution in [1.82, 2.24) is 5.32 Å². The Labute approximate surface area is 116 Å². The first kappa shape index (κ1) is 15.6. The normalized spacial score (nSPS) is 9.85. The minimum atomic E-state index is -1.18. The number of rotatable bonds is 6. The molecule has 1 rings (SSSR count). The molecule has 7 nitrogen and oxygen atoms in total. The Hall–Kier alpha value is -2.41.